The van der Waals surface area contributed by atoms with Crippen molar-refractivity contribution < 1.29 is 9.45 Å². The first kappa shape index (κ1) is 14.0. The van der Waals surface area contributed by atoms with E-state index in [0.717, 1.165) is 6.20 Å². The highest BCUT2D eigenvalue weighted by Gasteiger charge is 2.12. The fourth-order valence-corrected chi connectivity index (χ4v) is 1.54. The molecule has 20 heavy (non-hydrogen) atoms. The molecule has 0 atom stereocenters. The molecule has 0 aliphatic heterocycles. The van der Waals surface area contributed by atoms with E-state index in [4.69, 9.17) is 16.1 Å². The van der Waals surface area contributed by atoms with Crippen molar-refractivity contribution in [2.45, 2.75) is 6.54 Å². The van der Waals surface area contributed by atoms with Crippen LogP contribution in [0.5, 0.6) is 0 Å². The van der Waals surface area contributed by atoms with E-state index in [0.29, 0.717) is 17.7 Å². The third-order valence-electron chi connectivity index (χ3n) is 2.30. The SMILES string of the molecule is CN(C)c1noc(CNc2ncc([N+](=O)[O-])cc2Cl)n1. The Morgan fingerprint density at radius 3 is 2.85 bits per heavy atom. The van der Waals surface area contributed by atoms with Crippen LogP contribution >= 0.6 is 11.6 Å². The van der Waals surface area contributed by atoms with Crippen LogP contribution in [0.25, 0.3) is 0 Å². The highest BCUT2D eigenvalue weighted by atomic mass is 35.5. The summed E-state index contributed by atoms with van der Waals surface area (Å²) < 4.78 is 5.01. The number of nitrogens with zero attached hydrogens (tertiary/aromatic N) is 5. The maximum Gasteiger partial charge on any atom is 0.289 e. The molecule has 2 aromatic rings. The Hall–Kier alpha value is -2.42. The first-order valence-corrected chi connectivity index (χ1v) is 5.89. The largest absolute Gasteiger partial charge is 0.360 e. The van der Waals surface area contributed by atoms with E-state index in [1.54, 1.807) is 19.0 Å². The second kappa shape index (κ2) is 5.70. The number of anilines is 2. The fraction of sp³-hybridized carbons (Fsp3) is 0.300. The van der Waals surface area contributed by atoms with Gasteiger partial charge in [-0.25, -0.2) is 4.98 Å². The summed E-state index contributed by atoms with van der Waals surface area (Å²) in [5, 5.41) is 17.3. The average Bonchev–Trinajstić information content (AvgIpc) is 2.86. The third-order valence-corrected chi connectivity index (χ3v) is 2.59. The monoisotopic (exact) mass is 298 g/mol. The molecule has 0 fully saturated rings. The number of pyridine rings is 1. The zero-order chi connectivity index (χ0) is 14.7. The average molecular weight is 299 g/mol. The molecule has 0 amide bonds. The van der Waals surface area contributed by atoms with Crippen LogP contribution in [0.4, 0.5) is 17.5 Å². The Morgan fingerprint density at radius 2 is 2.30 bits per heavy atom. The molecule has 0 radical (unpaired) electrons. The Kier molecular flexibility index (Phi) is 3.99. The van der Waals surface area contributed by atoms with Gasteiger partial charge >= 0.3 is 0 Å². The quantitative estimate of drug-likeness (QED) is 0.656. The molecule has 10 heteroatoms. The lowest BCUT2D eigenvalue weighted by molar-refractivity contribution is -0.385. The zero-order valence-corrected chi connectivity index (χ0v) is 11.5. The summed E-state index contributed by atoms with van der Waals surface area (Å²) in [7, 11) is 3.58. The number of halogens is 1. The van der Waals surface area contributed by atoms with Crippen molar-refractivity contribution in [1.29, 1.82) is 0 Å². The van der Waals surface area contributed by atoms with Crippen LogP contribution in [0.2, 0.25) is 5.02 Å². The smallest absolute Gasteiger partial charge is 0.289 e. The lowest BCUT2D eigenvalue weighted by Crippen LogP contribution is -2.10. The Labute approximate surface area is 118 Å². The molecule has 2 aromatic heterocycles. The molecule has 2 rings (SSSR count). The van der Waals surface area contributed by atoms with Gasteiger partial charge < -0.3 is 14.7 Å². The van der Waals surface area contributed by atoms with Crippen LogP contribution in [0.15, 0.2) is 16.8 Å². The first-order chi connectivity index (χ1) is 9.47. The maximum atomic E-state index is 10.6. The molecule has 0 bridgehead atoms. The molecule has 0 aromatic carbocycles. The second-order valence-corrected chi connectivity index (χ2v) is 4.42. The third kappa shape index (κ3) is 3.12. The predicted octanol–water partition coefficient (Wildman–Crippen LogP) is 1.70. The number of hydrogen-bond donors (Lipinski definition) is 1. The van der Waals surface area contributed by atoms with Crippen molar-refractivity contribution in [2.75, 3.05) is 24.3 Å². The molecule has 0 unspecified atom stereocenters. The molecular formula is C10H11ClN6O3. The highest BCUT2D eigenvalue weighted by molar-refractivity contribution is 6.33. The van der Waals surface area contributed by atoms with E-state index in [1.807, 2.05) is 0 Å². The van der Waals surface area contributed by atoms with Gasteiger partial charge in [-0.2, -0.15) is 4.98 Å². The van der Waals surface area contributed by atoms with E-state index in [1.165, 1.54) is 6.07 Å². The molecule has 0 aliphatic rings. The van der Waals surface area contributed by atoms with Crippen molar-refractivity contribution in [3.05, 3.63) is 33.3 Å². The molecule has 0 spiro atoms. The number of aromatic nitrogens is 3. The van der Waals surface area contributed by atoms with Gasteiger partial charge in [0, 0.05) is 20.2 Å². The van der Waals surface area contributed by atoms with Gasteiger partial charge in [0.05, 0.1) is 16.5 Å². The Bertz CT molecular complexity index is 629. The lowest BCUT2D eigenvalue weighted by atomic mass is 10.4. The van der Waals surface area contributed by atoms with Crippen LogP contribution in [-0.2, 0) is 6.54 Å². The van der Waals surface area contributed by atoms with Crippen LogP contribution in [0, 0.1) is 10.1 Å². The Balaban J connectivity index is 2.05. The van der Waals surface area contributed by atoms with Gasteiger partial charge in [-0.3, -0.25) is 10.1 Å². The van der Waals surface area contributed by atoms with Crippen LogP contribution in [0.3, 0.4) is 0 Å². The van der Waals surface area contributed by atoms with E-state index in [2.05, 4.69) is 20.4 Å². The minimum atomic E-state index is -0.565. The predicted molar refractivity (Wildman–Crippen MR) is 71.9 cm³/mol. The van der Waals surface area contributed by atoms with Crippen molar-refractivity contribution in [1.82, 2.24) is 15.1 Å². The molecule has 1 N–H and O–H groups in total. The van der Waals surface area contributed by atoms with E-state index >= 15 is 0 Å². The molecule has 9 nitrogen and oxygen atoms in total. The van der Waals surface area contributed by atoms with Crippen molar-refractivity contribution in [3.8, 4) is 0 Å². The fourth-order valence-electron chi connectivity index (χ4n) is 1.32. The summed E-state index contributed by atoms with van der Waals surface area (Å²) in [6, 6.07) is 1.22. The molecule has 0 saturated carbocycles. The van der Waals surface area contributed by atoms with E-state index in [9.17, 15) is 10.1 Å². The van der Waals surface area contributed by atoms with Crippen LogP contribution in [0.1, 0.15) is 5.89 Å². The van der Waals surface area contributed by atoms with Crippen molar-refractivity contribution >= 4 is 29.1 Å². The number of rotatable bonds is 5. The Morgan fingerprint density at radius 1 is 1.55 bits per heavy atom. The maximum absolute atomic E-state index is 10.6. The summed E-state index contributed by atoms with van der Waals surface area (Å²) in [5.41, 5.74) is -0.173. The van der Waals surface area contributed by atoms with Gasteiger partial charge in [-0.1, -0.05) is 11.6 Å². The van der Waals surface area contributed by atoms with E-state index < -0.39 is 4.92 Å². The van der Waals surface area contributed by atoms with Gasteiger partial charge in [-0.15, -0.1) is 0 Å². The molecular weight excluding hydrogens is 288 g/mol. The van der Waals surface area contributed by atoms with Crippen LogP contribution in [-0.4, -0.2) is 34.1 Å². The zero-order valence-electron chi connectivity index (χ0n) is 10.7. The molecule has 0 aliphatic carbocycles. The summed E-state index contributed by atoms with van der Waals surface area (Å²) in [5.74, 6) is 1.11. The van der Waals surface area contributed by atoms with Gasteiger partial charge in [0.1, 0.15) is 12.0 Å². The topological polar surface area (TPSA) is 110 Å². The van der Waals surface area contributed by atoms with Gasteiger partial charge in [0.25, 0.3) is 11.6 Å². The molecule has 2 heterocycles. The first-order valence-electron chi connectivity index (χ1n) is 5.51. The summed E-state index contributed by atoms with van der Waals surface area (Å²) in [4.78, 5) is 19.7. The van der Waals surface area contributed by atoms with Gasteiger partial charge in [0.2, 0.25) is 5.89 Å². The number of nitro groups is 1. The summed E-state index contributed by atoms with van der Waals surface area (Å²) in [6.07, 6.45) is 1.12. The number of nitrogens with one attached hydrogen (secondary N) is 1. The molecule has 106 valence electrons. The van der Waals surface area contributed by atoms with E-state index in [-0.39, 0.29) is 17.3 Å². The van der Waals surface area contributed by atoms with Crippen molar-refractivity contribution in [3.63, 3.8) is 0 Å². The standard InChI is InChI=1S/C10H11ClN6O3/c1-16(2)10-14-8(20-15-10)5-13-9-7(11)3-6(4-12-9)17(18)19/h3-4H,5H2,1-2H3,(H,12,13). The highest BCUT2D eigenvalue weighted by Crippen LogP contribution is 2.24. The lowest BCUT2D eigenvalue weighted by Gasteiger charge is -2.04. The number of hydrogen-bond acceptors (Lipinski definition) is 8. The second-order valence-electron chi connectivity index (χ2n) is 4.02. The minimum absolute atomic E-state index is 0.145. The molecule has 0 saturated heterocycles. The van der Waals surface area contributed by atoms with Crippen LogP contribution < -0.4 is 10.2 Å². The summed E-state index contributed by atoms with van der Waals surface area (Å²) in [6.45, 7) is 0.214. The summed E-state index contributed by atoms with van der Waals surface area (Å²) >= 11 is 5.89. The minimum Gasteiger partial charge on any atom is -0.360 e. The van der Waals surface area contributed by atoms with Gasteiger partial charge in [-0.05, 0) is 5.16 Å². The van der Waals surface area contributed by atoms with Gasteiger partial charge in [0.15, 0.2) is 0 Å². The normalized spacial score (nSPS) is 10.3. The van der Waals surface area contributed by atoms with Crippen molar-refractivity contribution in [2.24, 2.45) is 0 Å².